The number of hydrogen-bond acceptors (Lipinski definition) is 5. The van der Waals surface area contributed by atoms with Crippen molar-refractivity contribution in [3.05, 3.63) is 26.4 Å². The van der Waals surface area contributed by atoms with E-state index in [-0.39, 0.29) is 11.3 Å². The van der Waals surface area contributed by atoms with Gasteiger partial charge in [-0.05, 0) is 31.6 Å². The Labute approximate surface area is 148 Å². The van der Waals surface area contributed by atoms with Gasteiger partial charge in [0, 0.05) is 46.3 Å². The fourth-order valence-electron chi connectivity index (χ4n) is 4.21. The number of hydrogen-bond donors (Lipinski definition) is 0. The summed E-state index contributed by atoms with van der Waals surface area (Å²) in [5.74, 6) is 1.30. The Kier molecular flexibility index (Phi) is 5.00. The lowest BCUT2D eigenvalue weighted by molar-refractivity contribution is 0.132. The number of nitrogens with zero attached hydrogens (tertiary/aromatic N) is 5. The molecule has 0 aromatic carbocycles. The van der Waals surface area contributed by atoms with Crippen molar-refractivity contribution >= 4 is 5.82 Å². The second kappa shape index (κ2) is 7.04. The lowest BCUT2D eigenvalue weighted by atomic mass is 9.86. The molecule has 2 aliphatic rings. The Morgan fingerprint density at radius 3 is 2.12 bits per heavy atom. The zero-order chi connectivity index (χ0) is 18.1. The smallest absolute Gasteiger partial charge is 0.332 e. The third-order valence-electron chi connectivity index (χ3n) is 5.86. The summed E-state index contributed by atoms with van der Waals surface area (Å²) in [7, 11) is 3.05. The highest BCUT2D eigenvalue weighted by Gasteiger charge is 2.29. The van der Waals surface area contributed by atoms with Crippen LogP contribution >= 0.6 is 0 Å². The monoisotopic (exact) mass is 345 g/mol. The van der Waals surface area contributed by atoms with Gasteiger partial charge in [0.1, 0.15) is 11.9 Å². The van der Waals surface area contributed by atoms with Gasteiger partial charge in [-0.3, -0.25) is 18.8 Å². The molecule has 1 aromatic rings. The van der Waals surface area contributed by atoms with E-state index in [1.54, 1.807) is 7.05 Å². The molecule has 0 unspecified atom stereocenters. The molecule has 0 radical (unpaired) electrons. The lowest BCUT2D eigenvalue weighted by Crippen LogP contribution is -2.53. The molecule has 0 bridgehead atoms. The third kappa shape index (κ3) is 3.23. The Morgan fingerprint density at radius 2 is 1.56 bits per heavy atom. The molecule has 0 spiro atoms. The molecule has 1 aliphatic carbocycles. The largest absolute Gasteiger partial charge is 0.354 e. The Bertz CT molecular complexity index is 787. The topological polar surface area (TPSA) is 74.3 Å². The average molecular weight is 345 g/mol. The number of piperazine rings is 1. The van der Waals surface area contributed by atoms with E-state index < -0.39 is 5.56 Å². The molecule has 2 heterocycles. The van der Waals surface area contributed by atoms with Crippen LogP contribution in [0.25, 0.3) is 0 Å². The van der Waals surface area contributed by atoms with Gasteiger partial charge < -0.3 is 4.90 Å². The summed E-state index contributed by atoms with van der Waals surface area (Å²) in [4.78, 5) is 29.1. The molecule has 1 saturated carbocycles. The average Bonchev–Trinajstić information content (AvgIpc) is 2.63. The van der Waals surface area contributed by atoms with E-state index in [2.05, 4.69) is 11.8 Å². The van der Waals surface area contributed by atoms with Crippen LogP contribution in [0.3, 0.4) is 0 Å². The fourth-order valence-corrected chi connectivity index (χ4v) is 4.21. The highest BCUT2D eigenvalue weighted by Crippen LogP contribution is 2.28. The van der Waals surface area contributed by atoms with Gasteiger partial charge in [0.15, 0.2) is 5.56 Å². The number of nitriles is 1. The molecule has 0 amide bonds. The summed E-state index contributed by atoms with van der Waals surface area (Å²) in [5.41, 5.74) is -0.837. The van der Waals surface area contributed by atoms with Crippen molar-refractivity contribution in [2.75, 3.05) is 31.1 Å². The first-order valence-corrected chi connectivity index (χ1v) is 9.13. The highest BCUT2D eigenvalue weighted by molar-refractivity contribution is 5.53. The summed E-state index contributed by atoms with van der Waals surface area (Å²) in [5, 5.41) is 9.43. The van der Waals surface area contributed by atoms with Gasteiger partial charge in [-0.1, -0.05) is 6.92 Å². The number of aromatic nitrogens is 2. The van der Waals surface area contributed by atoms with Crippen molar-refractivity contribution in [2.24, 2.45) is 20.0 Å². The standard InChI is InChI=1S/C18H27N5O2/c1-13-4-6-14(7-5-13)22-8-10-23(11-9-22)16-15(12-19)17(24)21(3)18(25)20(16)2/h13-14H,4-11H2,1-3H3. The molecule has 1 aromatic heterocycles. The quantitative estimate of drug-likeness (QED) is 0.787. The zero-order valence-electron chi connectivity index (χ0n) is 15.4. The van der Waals surface area contributed by atoms with Gasteiger partial charge in [0.25, 0.3) is 5.56 Å². The Morgan fingerprint density at radius 1 is 0.960 bits per heavy atom. The Balaban J connectivity index is 1.79. The van der Waals surface area contributed by atoms with Crippen molar-refractivity contribution in [1.29, 1.82) is 5.26 Å². The van der Waals surface area contributed by atoms with Crippen LogP contribution in [0, 0.1) is 17.2 Å². The second-order valence-corrected chi connectivity index (χ2v) is 7.45. The van der Waals surface area contributed by atoms with Crippen LogP contribution < -0.4 is 16.1 Å². The minimum Gasteiger partial charge on any atom is -0.354 e. The molecule has 7 nitrogen and oxygen atoms in total. The van der Waals surface area contributed by atoms with Gasteiger partial charge in [-0.25, -0.2) is 4.79 Å². The lowest BCUT2D eigenvalue weighted by Gasteiger charge is -2.42. The summed E-state index contributed by atoms with van der Waals surface area (Å²) < 4.78 is 2.43. The van der Waals surface area contributed by atoms with Crippen LogP contribution in [-0.2, 0) is 14.1 Å². The predicted octanol–water partition coefficient (Wildman–Crippen LogP) is 0.656. The highest BCUT2D eigenvalue weighted by atomic mass is 16.2. The first kappa shape index (κ1) is 17.7. The molecule has 25 heavy (non-hydrogen) atoms. The van der Waals surface area contributed by atoms with Crippen molar-refractivity contribution in [1.82, 2.24) is 14.0 Å². The molecule has 0 atom stereocenters. The van der Waals surface area contributed by atoms with Crippen LogP contribution in [0.15, 0.2) is 9.59 Å². The molecule has 1 saturated heterocycles. The second-order valence-electron chi connectivity index (χ2n) is 7.45. The molecular weight excluding hydrogens is 318 g/mol. The van der Waals surface area contributed by atoms with Gasteiger partial charge in [0.2, 0.25) is 0 Å². The number of rotatable bonds is 2. The minimum atomic E-state index is -0.510. The van der Waals surface area contributed by atoms with Gasteiger partial charge in [-0.15, -0.1) is 0 Å². The summed E-state index contributed by atoms with van der Waals surface area (Å²) >= 11 is 0. The van der Waals surface area contributed by atoms with Gasteiger partial charge >= 0.3 is 5.69 Å². The molecule has 1 aliphatic heterocycles. The third-order valence-corrected chi connectivity index (χ3v) is 5.86. The van der Waals surface area contributed by atoms with E-state index in [0.29, 0.717) is 11.9 Å². The first-order chi connectivity index (χ1) is 11.9. The summed E-state index contributed by atoms with van der Waals surface area (Å²) in [6.07, 6.45) is 5.11. The molecule has 0 N–H and O–H groups in total. The van der Waals surface area contributed by atoms with Gasteiger partial charge in [-0.2, -0.15) is 5.26 Å². The van der Waals surface area contributed by atoms with Crippen molar-refractivity contribution in [3.63, 3.8) is 0 Å². The van der Waals surface area contributed by atoms with Gasteiger partial charge in [0.05, 0.1) is 0 Å². The van der Waals surface area contributed by atoms with Crippen molar-refractivity contribution < 1.29 is 0 Å². The maximum absolute atomic E-state index is 12.3. The Hall–Kier alpha value is -2.07. The van der Waals surface area contributed by atoms with E-state index in [4.69, 9.17) is 0 Å². The zero-order valence-corrected chi connectivity index (χ0v) is 15.4. The maximum Gasteiger partial charge on any atom is 0.332 e. The number of anilines is 1. The van der Waals surface area contributed by atoms with E-state index in [0.717, 1.165) is 36.7 Å². The SMILES string of the molecule is CC1CCC(N2CCN(c3c(C#N)c(=O)n(C)c(=O)n3C)CC2)CC1. The van der Waals surface area contributed by atoms with E-state index >= 15 is 0 Å². The van der Waals surface area contributed by atoms with Crippen LogP contribution in [0.4, 0.5) is 5.82 Å². The minimum absolute atomic E-state index is 0.0598. The fraction of sp³-hybridized carbons (Fsp3) is 0.722. The summed E-state index contributed by atoms with van der Waals surface area (Å²) in [6.45, 7) is 5.62. The normalized spacial score (nSPS) is 25.0. The molecule has 7 heteroatoms. The molecule has 136 valence electrons. The van der Waals surface area contributed by atoms with Crippen LogP contribution in [0.1, 0.15) is 38.2 Å². The molecule has 2 fully saturated rings. The van der Waals surface area contributed by atoms with E-state index in [9.17, 15) is 14.9 Å². The summed E-state index contributed by atoms with van der Waals surface area (Å²) in [6, 6.07) is 2.66. The van der Waals surface area contributed by atoms with Crippen LogP contribution in [0.5, 0.6) is 0 Å². The molecule has 3 rings (SSSR count). The predicted molar refractivity (Wildman–Crippen MR) is 96.8 cm³/mol. The first-order valence-electron chi connectivity index (χ1n) is 9.13. The van der Waals surface area contributed by atoms with E-state index in [1.165, 1.54) is 37.3 Å². The van der Waals surface area contributed by atoms with Crippen molar-refractivity contribution in [3.8, 4) is 6.07 Å². The van der Waals surface area contributed by atoms with Crippen molar-refractivity contribution in [2.45, 2.75) is 38.6 Å². The van der Waals surface area contributed by atoms with E-state index in [1.807, 2.05) is 11.0 Å². The van der Waals surface area contributed by atoms with Crippen LogP contribution in [-0.4, -0.2) is 46.3 Å². The van der Waals surface area contributed by atoms with Crippen LogP contribution in [0.2, 0.25) is 0 Å². The maximum atomic E-state index is 12.3. The molecular formula is C18H27N5O2.